The van der Waals surface area contributed by atoms with E-state index in [0.717, 1.165) is 16.8 Å². The molecular weight excluding hydrogens is 292 g/mol. The molecule has 0 saturated heterocycles. The lowest BCUT2D eigenvalue weighted by Crippen LogP contribution is -2.24. The Bertz CT molecular complexity index is 799. The molecule has 0 atom stereocenters. The molecular formula is C17H16N4O2. The maximum absolute atomic E-state index is 12.2. The van der Waals surface area contributed by atoms with Crippen LogP contribution in [-0.4, -0.2) is 25.8 Å². The van der Waals surface area contributed by atoms with Crippen molar-refractivity contribution in [2.75, 3.05) is 0 Å². The summed E-state index contributed by atoms with van der Waals surface area (Å²) in [7, 11) is 0. The third-order valence-corrected chi connectivity index (χ3v) is 3.44. The van der Waals surface area contributed by atoms with E-state index in [0.29, 0.717) is 6.54 Å². The molecule has 0 aliphatic rings. The standard InChI is InChI=1S/C17H16N4O2/c22-11-14-7-5-4-6-13(14)10-18-17(23)16-19-12-21(20-16)15-8-2-1-3-9-15/h1-9,12,22H,10-11H2,(H,18,23). The fourth-order valence-electron chi connectivity index (χ4n) is 2.21. The first-order valence-electron chi connectivity index (χ1n) is 7.21. The van der Waals surface area contributed by atoms with Gasteiger partial charge in [-0.3, -0.25) is 4.79 Å². The molecule has 1 aromatic heterocycles. The Morgan fingerprint density at radius 1 is 1.04 bits per heavy atom. The van der Waals surface area contributed by atoms with Crippen LogP contribution in [0.5, 0.6) is 0 Å². The Morgan fingerprint density at radius 2 is 1.74 bits per heavy atom. The molecule has 1 heterocycles. The Morgan fingerprint density at radius 3 is 2.48 bits per heavy atom. The van der Waals surface area contributed by atoms with E-state index in [1.807, 2.05) is 54.6 Å². The van der Waals surface area contributed by atoms with Crippen molar-refractivity contribution in [1.29, 1.82) is 0 Å². The zero-order valence-corrected chi connectivity index (χ0v) is 12.4. The molecule has 0 unspecified atom stereocenters. The molecule has 6 heteroatoms. The summed E-state index contributed by atoms with van der Waals surface area (Å²) in [4.78, 5) is 16.2. The van der Waals surface area contributed by atoms with Crippen molar-refractivity contribution in [3.63, 3.8) is 0 Å². The number of aliphatic hydroxyl groups is 1. The van der Waals surface area contributed by atoms with Gasteiger partial charge in [-0.05, 0) is 23.3 Å². The number of amides is 1. The number of aliphatic hydroxyl groups excluding tert-OH is 1. The van der Waals surface area contributed by atoms with E-state index in [4.69, 9.17) is 0 Å². The van der Waals surface area contributed by atoms with Crippen molar-refractivity contribution in [3.8, 4) is 5.69 Å². The molecule has 3 aromatic rings. The van der Waals surface area contributed by atoms with Gasteiger partial charge in [-0.1, -0.05) is 42.5 Å². The second kappa shape index (κ2) is 6.85. The van der Waals surface area contributed by atoms with Crippen LogP contribution < -0.4 is 5.32 Å². The van der Waals surface area contributed by atoms with Gasteiger partial charge in [-0.25, -0.2) is 9.67 Å². The van der Waals surface area contributed by atoms with Crippen LogP contribution in [0.4, 0.5) is 0 Å². The van der Waals surface area contributed by atoms with Gasteiger partial charge < -0.3 is 10.4 Å². The highest BCUT2D eigenvalue weighted by Gasteiger charge is 2.12. The molecule has 3 rings (SSSR count). The van der Waals surface area contributed by atoms with E-state index < -0.39 is 0 Å². The molecule has 1 amide bonds. The second-order valence-electron chi connectivity index (χ2n) is 4.96. The maximum Gasteiger partial charge on any atom is 0.291 e. The van der Waals surface area contributed by atoms with Crippen molar-refractivity contribution in [2.45, 2.75) is 13.2 Å². The third-order valence-electron chi connectivity index (χ3n) is 3.44. The topological polar surface area (TPSA) is 80.0 Å². The number of rotatable bonds is 5. The van der Waals surface area contributed by atoms with Crippen molar-refractivity contribution < 1.29 is 9.90 Å². The first kappa shape index (κ1) is 14.9. The molecule has 116 valence electrons. The Hall–Kier alpha value is -2.99. The minimum absolute atomic E-state index is 0.0626. The average molecular weight is 308 g/mol. The number of aromatic nitrogens is 3. The predicted molar refractivity (Wildman–Crippen MR) is 84.9 cm³/mol. The van der Waals surface area contributed by atoms with Crippen LogP contribution in [0.15, 0.2) is 60.9 Å². The maximum atomic E-state index is 12.2. The van der Waals surface area contributed by atoms with Gasteiger partial charge in [0.05, 0.1) is 12.3 Å². The van der Waals surface area contributed by atoms with Gasteiger partial charge in [0.2, 0.25) is 5.82 Å². The van der Waals surface area contributed by atoms with E-state index in [9.17, 15) is 9.90 Å². The first-order valence-corrected chi connectivity index (χ1v) is 7.21. The molecule has 2 aromatic carbocycles. The molecule has 0 bridgehead atoms. The predicted octanol–water partition coefficient (Wildman–Crippen LogP) is 1.69. The quantitative estimate of drug-likeness (QED) is 0.751. The summed E-state index contributed by atoms with van der Waals surface area (Å²) in [6.07, 6.45) is 1.51. The number of nitrogens with one attached hydrogen (secondary N) is 1. The largest absolute Gasteiger partial charge is 0.392 e. The summed E-state index contributed by atoms with van der Waals surface area (Å²) in [5.74, 6) is -0.247. The van der Waals surface area contributed by atoms with Crippen LogP contribution in [0.2, 0.25) is 0 Å². The summed E-state index contributed by atoms with van der Waals surface area (Å²) < 4.78 is 1.55. The fraction of sp³-hybridized carbons (Fsp3) is 0.118. The number of carbonyl (C=O) groups excluding carboxylic acids is 1. The summed E-state index contributed by atoms with van der Waals surface area (Å²) in [5, 5.41) is 16.2. The lowest BCUT2D eigenvalue weighted by molar-refractivity contribution is 0.0940. The van der Waals surface area contributed by atoms with E-state index in [1.165, 1.54) is 6.33 Å². The number of benzene rings is 2. The van der Waals surface area contributed by atoms with Crippen LogP contribution >= 0.6 is 0 Å². The Labute approximate surface area is 133 Å². The minimum atomic E-state index is -0.354. The van der Waals surface area contributed by atoms with E-state index in [-0.39, 0.29) is 18.3 Å². The van der Waals surface area contributed by atoms with E-state index in [1.54, 1.807) is 4.68 Å². The first-order chi connectivity index (χ1) is 11.3. The molecule has 23 heavy (non-hydrogen) atoms. The molecule has 2 N–H and O–H groups in total. The third kappa shape index (κ3) is 3.44. The van der Waals surface area contributed by atoms with Gasteiger partial charge in [0, 0.05) is 6.54 Å². The van der Waals surface area contributed by atoms with Crippen molar-refractivity contribution >= 4 is 5.91 Å². The molecule has 0 spiro atoms. The summed E-state index contributed by atoms with van der Waals surface area (Å²) in [5.41, 5.74) is 2.49. The molecule has 0 aliphatic heterocycles. The highest BCUT2D eigenvalue weighted by atomic mass is 16.3. The van der Waals surface area contributed by atoms with Crippen LogP contribution in [0.1, 0.15) is 21.7 Å². The second-order valence-corrected chi connectivity index (χ2v) is 4.96. The summed E-state index contributed by atoms with van der Waals surface area (Å²) in [6, 6.07) is 16.9. The average Bonchev–Trinajstić information content (AvgIpc) is 3.11. The zero-order chi connectivity index (χ0) is 16.1. The number of carbonyl (C=O) groups is 1. The normalized spacial score (nSPS) is 10.5. The molecule has 6 nitrogen and oxygen atoms in total. The highest BCUT2D eigenvalue weighted by Crippen LogP contribution is 2.09. The van der Waals surface area contributed by atoms with Gasteiger partial charge in [0.1, 0.15) is 6.33 Å². The molecule has 0 radical (unpaired) electrons. The number of para-hydroxylation sites is 1. The Kier molecular flexibility index (Phi) is 4.44. The minimum Gasteiger partial charge on any atom is -0.392 e. The summed E-state index contributed by atoms with van der Waals surface area (Å²) >= 11 is 0. The zero-order valence-electron chi connectivity index (χ0n) is 12.4. The van der Waals surface area contributed by atoms with Crippen molar-refractivity contribution in [2.24, 2.45) is 0 Å². The molecule has 0 saturated carbocycles. The van der Waals surface area contributed by atoms with Gasteiger partial charge in [0.15, 0.2) is 0 Å². The van der Waals surface area contributed by atoms with Crippen LogP contribution in [-0.2, 0) is 13.2 Å². The van der Waals surface area contributed by atoms with E-state index in [2.05, 4.69) is 15.4 Å². The van der Waals surface area contributed by atoms with Crippen molar-refractivity contribution in [3.05, 3.63) is 77.9 Å². The smallest absolute Gasteiger partial charge is 0.291 e. The van der Waals surface area contributed by atoms with Gasteiger partial charge in [-0.15, -0.1) is 5.10 Å². The van der Waals surface area contributed by atoms with Gasteiger partial charge >= 0.3 is 0 Å². The number of hydrogen-bond donors (Lipinski definition) is 2. The van der Waals surface area contributed by atoms with Gasteiger partial charge in [-0.2, -0.15) is 0 Å². The lowest BCUT2D eigenvalue weighted by Gasteiger charge is -2.07. The van der Waals surface area contributed by atoms with Crippen LogP contribution in [0, 0.1) is 0 Å². The molecule has 0 fully saturated rings. The van der Waals surface area contributed by atoms with E-state index >= 15 is 0 Å². The number of nitrogens with zero attached hydrogens (tertiary/aromatic N) is 3. The highest BCUT2D eigenvalue weighted by molar-refractivity contribution is 5.90. The van der Waals surface area contributed by atoms with Gasteiger partial charge in [0.25, 0.3) is 5.91 Å². The monoisotopic (exact) mass is 308 g/mol. The number of hydrogen-bond acceptors (Lipinski definition) is 4. The summed E-state index contributed by atoms with van der Waals surface area (Å²) in [6.45, 7) is 0.252. The Balaban J connectivity index is 1.68. The molecule has 0 aliphatic carbocycles. The fourth-order valence-corrected chi connectivity index (χ4v) is 2.21. The van der Waals surface area contributed by atoms with Crippen molar-refractivity contribution in [1.82, 2.24) is 20.1 Å². The lowest BCUT2D eigenvalue weighted by atomic mass is 10.1. The van der Waals surface area contributed by atoms with Crippen LogP contribution in [0.3, 0.4) is 0 Å². The SMILES string of the molecule is O=C(NCc1ccccc1CO)c1ncn(-c2ccccc2)n1. The van der Waals surface area contributed by atoms with Crippen LogP contribution in [0.25, 0.3) is 5.69 Å².